The van der Waals surface area contributed by atoms with Gasteiger partial charge in [-0.05, 0) is 37.5 Å². The van der Waals surface area contributed by atoms with E-state index in [0.717, 1.165) is 56.0 Å². The van der Waals surface area contributed by atoms with E-state index < -0.39 is 0 Å². The molecule has 1 N–H and O–H groups in total. The summed E-state index contributed by atoms with van der Waals surface area (Å²) < 4.78 is 16.6. The van der Waals surface area contributed by atoms with Crippen molar-refractivity contribution in [1.29, 1.82) is 0 Å². The van der Waals surface area contributed by atoms with Gasteiger partial charge in [-0.15, -0.1) is 0 Å². The maximum atomic E-state index is 13.1. The van der Waals surface area contributed by atoms with Crippen LogP contribution >= 0.6 is 0 Å². The van der Waals surface area contributed by atoms with Gasteiger partial charge in [0.2, 0.25) is 0 Å². The molecule has 0 unspecified atom stereocenters. The van der Waals surface area contributed by atoms with Crippen molar-refractivity contribution in [3.05, 3.63) is 23.8 Å². The maximum absolute atomic E-state index is 13.1. The highest BCUT2D eigenvalue weighted by Gasteiger charge is 2.34. The quantitative estimate of drug-likeness (QED) is 0.786. The Kier molecular flexibility index (Phi) is 6.62. The highest BCUT2D eigenvalue weighted by Crippen LogP contribution is 2.37. The highest BCUT2D eigenvalue weighted by atomic mass is 16.6. The van der Waals surface area contributed by atoms with Crippen molar-refractivity contribution in [1.82, 2.24) is 9.80 Å². The molecule has 8 nitrogen and oxygen atoms in total. The lowest BCUT2D eigenvalue weighted by Gasteiger charge is -2.33. The van der Waals surface area contributed by atoms with Crippen molar-refractivity contribution in [3.8, 4) is 11.5 Å². The number of likely N-dealkylation sites (tertiary alicyclic amines) is 1. The number of rotatable bonds is 4. The van der Waals surface area contributed by atoms with E-state index in [1.807, 2.05) is 24.0 Å². The summed E-state index contributed by atoms with van der Waals surface area (Å²) in [4.78, 5) is 29.9. The second-order valence-corrected chi connectivity index (χ2v) is 8.11. The molecule has 1 aromatic rings. The minimum absolute atomic E-state index is 0.0925. The van der Waals surface area contributed by atoms with Crippen LogP contribution in [0.15, 0.2) is 18.2 Å². The van der Waals surface area contributed by atoms with Gasteiger partial charge in [-0.1, -0.05) is 6.07 Å². The Labute approximate surface area is 177 Å². The first-order valence-electron chi connectivity index (χ1n) is 11.1. The van der Waals surface area contributed by atoms with E-state index in [1.165, 1.54) is 4.90 Å². The number of carbonyl (C=O) groups is 2. The molecule has 0 bridgehead atoms. The minimum Gasteiger partial charge on any atom is -0.490 e. The Morgan fingerprint density at radius 3 is 2.63 bits per heavy atom. The summed E-state index contributed by atoms with van der Waals surface area (Å²) in [5, 5.41) is 0. The molecule has 4 rings (SSSR count). The van der Waals surface area contributed by atoms with Gasteiger partial charge in [0.25, 0.3) is 5.91 Å². The Hall–Kier alpha value is -2.48. The molecule has 0 radical (unpaired) electrons. The van der Waals surface area contributed by atoms with Gasteiger partial charge < -0.3 is 24.0 Å². The molecule has 0 spiro atoms. The van der Waals surface area contributed by atoms with Gasteiger partial charge in [-0.3, -0.25) is 9.69 Å². The average molecular weight is 419 g/mol. The van der Waals surface area contributed by atoms with E-state index >= 15 is 0 Å². The molecule has 0 saturated carbocycles. The standard InChI is InChI=1S/C22H31N3O5/c1-2-28-22(27)24-11-9-23(10-12-24)16-21(26)25-8-3-5-18(25)17-6-7-19-20(15-17)30-14-4-13-29-19/h6-7,15,18H,2-5,8-14,16H2,1H3/p+1/t18-/m1/s1. The van der Waals surface area contributed by atoms with Crippen LogP contribution < -0.4 is 14.4 Å². The molecule has 3 heterocycles. The van der Waals surface area contributed by atoms with Gasteiger partial charge in [0, 0.05) is 13.0 Å². The summed E-state index contributed by atoms with van der Waals surface area (Å²) >= 11 is 0. The molecule has 1 aromatic carbocycles. The third-order valence-corrected chi connectivity index (χ3v) is 6.13. The summed E-state index contributed by atoms with van der Waals surface area (Å²) in [7, 11) is 0. The first kappa shape index (κ1) is 20.8. The zero-order chi connectivity index (χ0) is 20.9. The van der Waals surface area contributed by atoms with E-state index in [1.54, 1.807) is 4.90 Å². The van der Waals surface area contributed by atoms with E-state index in [9.17, 15) is 9.59 Å². The van der Waals surface area contributed by atoms with Gasteiger partial charge in [-0.25, -0.2) is 4.79 Å². The lowest BCUT2D eigenvalue weighted by molar-refractivity contribution is -0.896. The number of benzene rings is 1. The van der Waals surface area contributed by atoms with Crippen LogP contribution in [0.4, 0.5) is 4.79 Å². The van der Waals surface area contributed by atoms with Crippen molar-refractivity contribution in [2.75, 3.05) is 59.1 Å². The summed E-state index contributed by atoms with van der Waals surface area (Å²) in [5.41, 5.74) is 1.12. The minimum atomic E-state index is -0.253. The number of hydrogen-bond donors (Lipinski definition) is 1. The molecule has 3 aliphatic heterocycles. The molecule has 2 saturated heterocycles. The van der Waals surface area contributed by atoms with Gasteiger partial charge in [-0.2, -0.15) is 0 Å². The third kappa shape index (κ3) is 4.64. The predicted molar refractivity (Wildman–Crippen MR) is 110 cm³/mol. The maximum Gasteiger partial charge on any atom is 0.410 e. The molecule has 2 amide bonds. The summed E-state index contributed by atoms with van der Waals surface area (Å²) in [6.07, 6.45) is 2.61. The zero-order valence-electron chi connectivity index (χ0n) is 17.7. The molecule has 30 heavy (non-hydrogen) atoms. The fourth-order valence-electron chi connectivity index (χ4n) is 4.51. The predicted octanol–water partition coefficient (Wildman–Crippen LogP) is 0.868. The fraction of sp³-hybridized carbons (Fsp3) is 0.636. The van der Waals surface area contributed by atoms with Crippen molar-refractivity contribution < 1.29 is 28.7 Å². The number of nitrogens with zero attached hydrogens (tertiary/aromatic N) is 2. The molecule has 8 heteroatoms. The van der Waals surface area contributed by atoms with E-state index in [0.29, 0.717) is 39.5 Å². The van der Waals surface area contributed by atoms with Gasteiger partial charge in [0.05, 0.1) is 52.0 Å². The zero-order valence-corrected chi connectivity index (χ0v) is 17.7. The second kappa shape index (κ2) is 9.55. The van der Waals surface area contributed by atoms with Crippen LogP contribution in [0, 0.1) is 0 Å². The smallest absolute Gasteiger partial charge is 0.410 e. The van der Waals surface area contributed by atoms with E-state index in [2.05, 4.69) is 6.07 Å². The fourth-order valence-corrected chi connectivity index (χ4v) is 4.51. The molecule has 1 atom stereocenters. The number of piperazine rings is 1. The summed E-state index contributed by atoms with van der Waals surface area (Å²) in [6.45, 7) is 7.60. The number of ether oxygens (including phenoxy) is 3. The molecule has 0 aromatic heterocycles. The number of hydrogen-bond acceptors (Lipinski definition) is 5. The highest BCUT2D eigenvalue weighted by molar-refractivity contribution is 5.78. The number of quaternary nitrogens is 1. The topological polar surface area (TPSA) is 72.8 Å². The first-order chi connectivity index (χ1) is 14.7. The van der Waals surface area contributed by atoms with Gasteiger partial charge >= 0.3 is 6.09 Å². The SMILES string of the molecule is CCOC(=O)N1CC[NH+](CC(=O)N2CCC[C@@H]2c2ccc3c(c2)OCCCO3)CC1. The molecule has 0 aliphatic carbocycles. The van der Waals surface area contributed by atoms with Crippen LogP contribution in [0.1, 0.15) is 37.8 Å². The lowest BCUT2D eigenvalue weighted by Crippen LogP contribution is -3.15. The van der Waals surface area contributed by atoms with Crippen molar-refractivity contribution >= 4 is 12.0 Å². The molecule has 3 aliphatic rings. The van der Waals surface area contributed by atoms with Crippen molar-refractivity contribution in [3.63, 3.8) is 0 Å². The van der Waals surface area contributed by atoms with E-state index in [4.69, 9.17) is 14.2 Å². The van der Waals surface area contributed by atoms with Gasteiger partial charge in [0.15, 0.2) is 18.0 Å². The van der Waals surface area contributed by atoms with Crippen LogP contribution in [-0.4, -0.2) is 80.9 Å². The van der Waals surface area contributed by atoms with E-state index in [-0.39, 0.29) is 18.0 Å². The third-order valence-electron chi connectivity index (χ3n) is 6.13. The Bertz CT molecular complexity index is 763. The van der Waals surface area contributed by atoms with Crippen LogP contribution in [0.3, 0.4) is 0 Å². The summed E-state index contributed by atoms with van der Waals surface area (Å²) in [6, 6.07) is 6.17. The Morgan fingerprint density at radius 1 is 1.10 bits per heavy atom. The number of fused-ring (bicyclic) bond motifs is 1. The number of nitrogens with one attached hydrogen (secondary N) is 1. The van der Waals surface area contributed by atoms with Crippen LogP contribution in [0.2, 0.25) is 0 Å². The summed E-state index contributed by atoms with van der Waals surface area (Å²) in [5.74, 6) is 1.75. The normalized spacial score (nSPS) is 22.0. The second-order valence-electron chi connectivity index (χ2n) is 8.11. The van der Waals surface area contributed by atoms with Crippen LogP contribution in [0.5, 0.6) is 11.5 Å². The van der Waals surface area contributed by atoms with Crippen LogP contribution in [0.25, 0.3) is 0 Å². The molecule has 164 valence electrons. The first-order valence-corrected chi connectivity index (χ1v) is 11.1. The number of carbonyl (C=O) groups excluding carboxylic acids is 2. The van der Waals surface area contributed by atoms with Crippen molar-refractivity contribution in [2.45, 2.75) is 32.2 Å². The lowest BCUT2D eigenvalue weighted by atomic mass is 10.0. The van der Waals surface area contributed by atoms with Crippen molar-refractivity contribution in [2.24, 2.45) is 0 Å². The molecular weight excluding hydrogens is 386 g/mol. The molecular formula is C22H32N3O5+. The monoisotopic (exact) mass is 418 g/mol. The Morgan fingerprint density at radius 2 is 1.87 bits per heavy atom. The van der Waals surface area contributed by atoms with Crippen LogP contribution in [-0.2, 0) is 9.53 Å². The number of amides is 2. The average Bonchev–Trinajstić information content (AvgIpc) is 3.13. The largest absolute Gasteiger partial charge is 0.490 e. The molecule has 2 fully saturated rings. The van der Waals surface area contributed by atoms with Gasteiger partial charge in [0.1, 0.15) is 0 Å². The Balaban J connectivity index is 1.35.